The maximum absolute atomic E-state index is 10.5. The van der Waals surface area contributed by atoms with Gasteiger partial charge in [-0.3, -0.25) is 4.99 Å². The first kappa shape index (κ1) is 23.2. The molecular formula is C20H34IN3O2. The Balaban J connectivity index is 0.00000338. The fourth-order valence-electron chi connectivity index (χ4n) is 3.10. The predicted octanol–water partition coefficient (Wildman–Crippen LogP) is 3.50. The minimum absolute atomic E-state index is 0. The summed E-state index contributed by atoms with van der Waals surface area (Å²) in [5.74, 6) is 0.865. The summed E-state index contributed by atoms with van der Waals surface area (Å²) >= 11 is 0. The molecule has 1 aromatic rings. The number of morpholine rings is 1. The van der Waals surface area contributed by atoms with Gasteiger partial charge in [-0.1, -0.05) is 38.1 Å². The quantitative estimate of drug-likeness (QED) is 0.376. The summed E-state index contributed by atoms with van der Waals surface area (Å²) in [6.45, 7) is 11.7. The lowest BCUT2D eigenvalue weighted by molar-refractivity contribution is -0.00873. The van der Waals surface area contributed by atoms with E-state index in [9.17, 15) is 5.11 Å². The Hall–Kier alpha value is -0.860. The van der Waals surface area contributed by atoms with E-state index in [4.69, 9.17) is 9.73 Å². The van der Waals surface area contributed by atoms with Crippen LogP contribution < -0.4 is 5.32 Å². The Morgan fingerprint density at radius 3 is 2.62 bits per heavy atom. The van der Waals surface area contributed by atoms with E-state index in [0.29, 0.717) is 26.0 Å². The number of guanidine groups is 1. The third kappa shape index (κ3) is 6.09. The number of aliphatic imine (C=N–C) groups is 1. The van der Waals surface area contributed by atoms with Crippen molar-refractivity contribution in [1.82, 2.24) is 10.2 Å². The minimum Gasteiger partial charge on any atom is -0.388 e. The van der Waals surface area contributed by atoms with Gasteiger partial charge in [0, 0.05) is 13.1 Å². The van der Waals surface area contributed by atoms with Crippen LogP contribution >= 0.6 is 24.0 Å². The van der Waals surface area contributed by atoms with Crippen LogP contribution in [0, 0.1) is 6.92 Å². The molecular weight excluding hydrogens is 441 g/mol. The third-order valence-electron chi connectivity index (χ3n) is 5.08. The number of ether oxygens (including phenoxy) is 1. The maximum Gasteiger partial charge on any atom is 0.194 e. The third-order valence-corrected chi connectivity index (χ3v) is 5.08. The van der Waals surface area contributed by atoms with Gasteiger partial charge in [0.2, 0.25) is 0 Å². The van der Waals surface area contributed by atoms with Crippen molar-refractivity contribution in [2.24, 2.45) is 4.99 Å². The molecule has 0 aliphatic carbocycles. The van der Waals surface area contributed by atoms with Crippen molar-refractivity contribution in [2.45, 2.75) is 52.2 Å². The molecule has 1 saturated heterocycles. The number of aliphatic hydroxyl groups is 1. The van der Waals surface area contributed by atoms with Crippen molar-refractivity contribution in [3.05, 3.63) is 35.4 Å². The highest BCUT2D eigenvalue weighted by Crippen LogP contribution is 2.25. The first-order valence-corrected chi connectivity index (χ1v) is 9.45. The summed E-state index contributed by atoms with van der Waals surface area (Å²) in [6.07, 6.45) is 1.47. The molecule has 2 N–H and O–H groups in total. The first-order chi connectivity index (χ1) is 12.0. The first-order valence-electron chi connectivity index (χ1n) is 9.45. The van der Waals surface area contributed by atoms with Gasteiger partial charge in [-0.15, -0.1) is 24.0 Å². The number of hydrogen-bond donors (Lipinski definition) is 2. The van der Waals surface area contributed by atoms with Gasteiger partial charge in [0.05, 0.1) is 25.3 Å². The number of nitrogens with one attached hydrogen (secondary N) is 1. The van der Waals surface area contributed by atoms with Crippen molar-refractivity contribution in [3.8, 4) is 0 Å². The van der Waals surface area contributed by atoms with E-state index in [-0.39, 0.29) is 30.1 Å². The molecule has 0 radical (unpaired) electrons. The molecule has 26 heavy (non-hydrogen) atoms. The number of nitrogens with zero attached hydrogens (tertiary/aromatic N) is 2. The van der Waals surface area contributed by atoms with Crippen molar-refractivity contribution in [2.75, 3.05) is 32.8 Å². The number of rotatable bonds is 6. The van der Waals surface area contributed by atoms with Crippen LogP contribution in [0.3, 0.4) is 0 Å². The van der Waals surface area contributed by atoms with Crippen LogP contribution in [0.15, 0.2) is 29.3 Å². The van der Waals surface area contributed by atoms with E-state index in [0.717, 1.165) is 25.6 Å². The molecule has 0 spiro atoms. The molecule has 1 fully saturated rings. The SMILES string of the molecule is CCNC(=NCC(O)(CC)CC)N1CCOC(c2ccccc2C)C1.I. The summed E-state index contributed by atoms with van der Waals surface area (Å²) in [6, 6.07) is 8.38. The Kier molecular flexibility index (Phi) is 9.89. The molecule has 148 valence electrons. The molecule has 1 heterocycles. The van der Waals surface area contributed by atoms with Crippen LogP contribution in [0.5, 0.6) is 0 Å². The lowest BCUT2D eigenvalue weighted by Crippen LogP contribution is -2.49. The van der Waals surface area contributed by atoms with Crippen molar-refractivity contribution in [3.63, 3.8) is 0 Å². The molecule has 1 aromatic carbocycles. The standard InChI is InChI=1S/C20H33N3O2.HI/c1-5-20(24,6-2)15-22-19(21-7-3)23-12-13-25-18(14-23)17-11-9-8-10-16(17)4;/h8-11,18,24H,5-7,12-15H2,1-4H3,(H,21,22);1H. The molecule has 5 nitrogen and oxygen atoms in total. The summed E-state index contributed by atoms with van der Waals surface area (Å²) in [5.41, 5.74) is 1.77. The summed E-state index contributed by atoms with van der Waals surface area (Å²) in [5, 5.41) is 13.9. The van der Waals surface area contributed by atoms with Crippen LogP contribution in [0.2, 0.25) is 0 Å². The molecule has 0 aromatic heterocycles. The highest BCUT2D eigenvalue weighted by molar-refractivity contribution is 14.0. The van der Waals surface area contributed by atoms with Crippen molar-refractivity contribution in [1.29, 1.82) is 0 Å². The molecule has 1 aliphatic heterocycles. The smallest absolute Gasteiger partial charge is 0.194 e. The molecule has 6 heteroatoms. The number of hydrogen-bond acceptors (Lipinski definition) is 3. The fourth-order valence-corrected chi connectivity index (χ4v) is 3.10. The van der Waals surface area contributed by atoms with E-state index < -0.39 is 5.60 Å². The van der Waals surface area contributed by atoms with Gasteiger partial charge >= 0.3 is 0 Å². The number of benzene rings is 1. The highest BCUT2D eigenvalue weighted by Gasteiger charge is 2.27. The Morgan fingerprint density at radius 2 is 2.00 bits per heavy atom. The lowest BCUT2D eigenvalue weighted by atomic mass is 9.98. The van der Waals surface area contributed by atoms with E-state index >= 15 is 0 Å². The van der Waals surface area contributed by atoms with Crippen LogP contribution in [0.4, 0.5) is 0 Å². The van der Waals surface area contributed by atoms with Gasteiger partial charge in [-0.05, 0) is 37.8 Å². The van der Waals surface area contributed by atoms with Gasteiger partial charge < -0.3 is 20.1 Å². The summed E-state index contributed by atoms with van der Waals surface area (Å²) in [7, 11) is 0. The molecule has 1 atom stereocenters. The fraction of sp³-hybridized carbons (Fsp3) is 0.650. The zero-order chi connectivity index (χ0) is 18.3. The second kappa shape index (κ2) is 11.1. The highest BCUT2D eigenvalue weighted by atomic mass is 127. The van der Waals surface area contributed by atoms with E-state index in [2.05, 4.69) is 48.3 Å². The Labute approximate surface area is 175 Å². The van der Waals surface area contributed by atoms with E-state index in [1.54, 1.807) is 0 Å². The number of aryl methyl sites for hydroxylation is 1. The summed E-state index contributed by atoms with van der Waals surface area (Å²) < 4.78 is 6.02. The zero-order valence-electron chi connectivity index (χ0n) is 16.5. The zero-order valence-corrected chi connectivity index (χ0v) is 18.8. The number of halogens is 1. The predicted molar refractivity (Wildman–Crippen MR) is 118 cm³/mol. The molecule has 0 bridgehead atoms. The van der Waals surface area contributed by atoms with Crippen LogP contribution in [-0.4, -0.2) is 54.4 Å². The van der Waals surface area contributed by atoms with Gasteiger partial charge in [-0.2, -0.15) is 0 Å². The van der Waals surface area contributed by atoms with Gasteiger partial charge in [-0.25, -0.2) is 0 Å². The van der Waals surface area contributed by atoms with Crippen molar-refractivity contribution < 1.29 is 9.84 Å². The Bertz CT molecular complexity index is 576. The Morgan fingerprint density at radius 1 is 1.31 bits per heavy atom. The monoisotopic (exact) mass is 475 g/mol. The van der Waals surface area contributed by atoms with Crippen LogP contribution in [0.25, 0.3) is 0 Å². The normalized spacial score (nSPS) is 18.4. The summed E-state index contributed by atoms with van der Waals surface area (Å²) in [4.78, 5) is 6.97. The van der Waals surface area contributed by atoms with Gasteiger partial charge in [0.25, 0.3) is 0 Å². The van der Waals surface area contributed by atoms with Crippen molar-refractivity contribution >= 4 is 29.9 Å². The molecule has 1 unspecified atom stereocenters. The molecule has 1 aliphatic rings. The van der Waals surface area contributed by atoms with E-state index in [1.165, 1.54) is 11.1 Å². The molecule has 0 amide bonds. The van der Waals surface area contributed by atoms with Gasteiger partial charge in [0.15, 0.2) is 5.96 Å². The minimum atomic E-state index is -0.720. The average molecular weight is 475 g/mol. The van der Waals surface area contributed by atoms with Crippen LogP contribution in [-0.2, 0) is 4.74 Å². The maximum atomic E-state index is 10.5. The van der Waals surface area contributed by atoms with E-state index in [1.807, 2.05) is 13.8 Å². The molecule has 0 saturated carbocycles. The average Bonchev–Trinajstić information content (AvgIpc) is 2.65. The second-order valence-electron chi connectivity index (χ2n) is 6.76. The largest absolute Gasteiger partial charge is 0.388 e. The second-order valence-corrected chi connectivity index (χ2v) is 6.76. The molecule has 2 rings (SSSR count). The lowest BCUT2D eigenvalue weighted by Gasteiger charge is -2.36. The van der Waals surface area contributed by atoms with Gasteiger partial charge in [0.1, 0.15) is 6.10 Å². The van der Waals surface area contributed by atoms with Crippen LogP contribution in [0.1, 0.15) is 50.8 Å². The topological polar surface area (TPSA) is 57.1 Å².